The molecule has 0 spiro atoms. The highest BCUT2D eigenvalue weighted by Gasteiger charge is 1.88. The van der Waals surface area contributed by atoms with Gasteiger partial charge in [-0.3, -0.25) is 0 Å². The van der Waals surface area contributed by atoms with E-state index in [2.05, 4.69) is 4.43 Å². The molecule has 6 heavy (non-hydrogen) atoms. The second-order valence-corrected chi connectivity index (χ2v) is 1.55. The van der Waals surface area contributed by atoms with E-state index in [-0.39, 0.29) is 6.10 Å². The summed E-state index contributed by atoms with van der Waals surface area (Å²) in [5, 5.41) is 0. The Kier molecular flexibility index (Phi) is 2.98. The largest absolute Gasteiger partial charge is 0.419 e. The summed E-state index contributed by atoms with van der Waals surface area (Å²) in [7, 11) is 0.651. The van der Waals surface area contributed by atoms with Gasteiger partial charge in [-0.2, -0.15) is 0 Å². The van der Waals surface area contributed by atoms with Gasteiger partial charge in [-0.25, -0.2) is 0 Å². The summed E-state index contributed by atoms with van der Waals surface area (Å²) in [4.78, 5) is 9.63. The van der Waals surface area contributed by atoms with Crippen molar-refractivity contribution < 1.29 is 9.22 Å². The molecule has 0 amide bonds. The SMILES string of the molecule is CC(C=O)O[SiH3]. The third-order valence-electron chi connectivity index (χ3n) is 0.563. The van der Waals surface area contributed by atoms with Crippen LogP contribution in [0, 0.1) is 0 Å². The molecule has 36 valence electrons. The van der Waals surface area contributed by atoms with Crippen LogP contribution in [-0.4, -0.2) is 22.9 Å². The Morgan fingerprint density at radius 2 is 2.50 bits per heavy atom. The van der Waals surface area contributed by atoms with Crippen LogP contribution in [0.15, 0.2) is 0 Å². The van der Waals surface area contributed by atoms with E-state index in [4.69, 9.17) is 0 Å². The predicted octanol–water partition coefficient (Wildman–Crippen LogP) is -1.13. The summed E-state index contributed by atoms with van der Waals surface area (Å²) in [5.74, 6) is 0. The molecule has 1 atom stereocenters. The quantitative estimate of drug-likeness (QED) is 0.327. The van der Waals surface area contributed by atoms with Gasteiger partial charge in [0.05, 0.1) is 6.10 Å². The van der Waals surface area contributed by atoms with Crippen LogP contribution in [0.3, 0.4) is 0 Å². The smallest absolute Gasteiger partial charge is 0.147 e. The summed E-state index contributed by atoms with van der Waals surface area (Å²) >= 11 is 0. The minimum atomic E-state index is -0.184. The molecule has 0 radical (unpaired) electrons. The van der Waals surface area contributed by atoms with Gasteiger partial charge in [-0.15, -0.1) is 0 Å². The molecule has 3 heteroatoms. The Labute approximate surface area is 40.0 Å². The number of carbonyl (C=O) groups excluding carboxylic acids is 1. The molecule has 0 fully saturated rings. The number of carbonyl (C=O) groups is 1. The highest BCUT2D eigenvalue weighted by atomic mass is 28.2. The Balaban J connectivity index is 2.96. The molecule has 0 aromatic carbocycles. The zero-order valence-electron chi connectivity index (χ0n) is 3.97. The molecular formula is C3H8O2Si. The fraction of sp³-hybridized carbons (Fsp3) is 0.667. The number of aldehydes is 1. The van der Waals surface area contributed by atoms with Crippen molar-refractivity contribution >= 4 is 16.8 Å². The van der Waals surface area contributed by atoms with Crippen molar-refractivity contribution in [3.63, 3.8) is 0 Å². The van der Waals surface area contributed by atoms with Gasteiger partial charge in [-0.05, 0) is 6.92 Å². The Morgan fingerprint density at radius 3 is 2.50 bits per heavy atom. The number of rotatable bonds is 2. The van der Waals surface area contributed by atoms with Gasteiger partial charge in [0.25, 0.3) is 0 Å². The van der Waals surface area contributed by atoms with E-state index < -0.39 is 0 Å². The average molecular weight is 104 g/mol. The maximum atomic E-state index is 9.63. The van der Waals surface area contributed by atoms with Crippen LogP contribution in [0.4, 0.5) is 0 Å². The van der Waals surface area contributed by atoms with Gasteiger partial charge >= 0.3 is 0 Å². The van der Waals surface area contributed by atoms with Crippen LogP contribution < -0.4 is 0 Å². The first-order valence-electron chi connectivity index (χ1n) is 1.79. The van der Waals surface area contributed by atoms with Gasteiger partial charge in [0.1, 0.15) is 16.8 Å². The van der Waals surface area contributed by atoms with Gasteiger partial charge in [0, 0.05) is 0 Å². The molecule has 0 aromatic rings. The van der Waals surface area contributed by atoms with Crippen LogP contribution >= 0.6 is 0 Å². The molecule has 0 rings (SSSR count). The van der Waals surface area contributed by atoms with Crippen molar-refractivity contribution in [1.29, 1.82) is 0 Å². The lowest BCUT2D eigenvalue weighted by Gasteiger charge is -1.94. The van der Waals surface area contributed by atoms with Crippen LogP contribution in [-0.2, 0) is 9.22 Å². The van der Waals surface area contributed by atoms with E-state index in [0.717, 1.165) is 6.29 Å². The predicted molar refractivity (Wildman–Crippen MR) is 26.5 cm³/mol. The van der Waals surface area contributed by atoms with Crippen molar-refractivity contribution in [2.75, 3.05) is 0 Å². The average Bonchev–Trinajstić information content (AvgIpc) is 1.65. The molecular weight excluding hydrogens is 96.1 g/mol. The topological polar surface area (TPSA) is 26.3 Å². The molecule has 0 aliphatic heterocycles. The summed E-state index contributed by atoms with van der Waals surface area (Å²) in [6, 6.07) is 0. The van der Waals surface area contributed by atoms with Crippen molar-refractivity contribution in [3.05, 3.63) is 0 Å². The minimum absolute atomic E-state index is 0.184. The van der Waals surface area contributed by atoms with Crippen LogP contribution in [0.25, 0.3) is 0 Å². The van der Waals surface area contributed by atoms with Crippen LogP contribution in [0.1, 0.15) is 6.92 Å². The van der Waals surface area contributed by atoms with Crippen LogP contribution in [0.5, 0.6) is 0 Å². The van der Waals surface area contributed by atoms with Crippen LogP contribution in [0.2, 0.25) is 0 Å². The minimum Gasteiger partial charge on any atom is -0.419 e. The maximum absolute atomic E-state index is 9.63. The molecule has 0 aromatic heterocycles. The molecule has 1 unspecified atom stereocenters. The van der Waals surface area contributed by atoms with E-state index in [9.17, 15) is 4.79 Å². The third-order valence-corrected chi connectivity index (χ3v) is 1.31. The highest BCUT2D eigenvalue weighted by molar-refractivity contribution is 5.98. The van der Waals surface area contributed by atoms with E-state index in [1.165, 1.54) is 0 Å². The molecule has 0 aliphatic carbocycles. The van der Waals surface area contributed by atoms with Crippen molar-refractivity contribution in [2.45, 2.75) is 13.0 Å². The van der Waals surface area contributed by atoms with Gasteiger partial charge in [-0.1, -0.05) is 0 Å². The first-order chi connectivity index (χ1) is 2.81. The molecule has 0 saturated carbocycles. The number of hydrogen-bond donors (Lipinski definition) is 0. The van der Waals surface area contributed by atoms with Gasteiger partial charge in [0.15, 0.2) is 0 Å². The second kappa shape index (κ2) is 3.05. The molecule has 0 aliphatic rings. The van der Waals surface area contributed by atoms with Crippen molar-refractivity contribution in [2.24, 2.45) is 0 Å². The lowest BCUT2D eigenvalue weighted by molar-refractivity contribution is -0.112. The van der Waals surface area contributed by atoms with E-state index in [1.807, 2.05) is 0 Å². The zero-order valence-corrected chi connectivity index (χ0v) is 5.97. The molecule has 0 heterocycles. The second-order valence-electron chi connectivity index (χ2n) is 1.08. The summed E-state index contributed by atoms with van der Waals surface area (Å²) in [6.45, 7) is 1.72. The third kappa shape index (κ3) is 2.11. The summed E-state index contributed by atoms with van der Waals surface area (Å²) < 4.78 is 4.67. The van der Waals surface area contributed by atoms with E-state index in [0.29, 0.717) is 10.5 Å². The Bertz CT molecular complexity index is 46.1. The summed E-state index contributed by atoms with van der Waals surface area (Å²) in [6.07, 6.45) is 0.601. The fourth-order valence-corrected chi connectivity index (χ4v) is 0.167. The molecule has 2 nitrogen and oxygen atoms in total. The first-order valence-corrected chi connectivity index (χ1v) is 2.61. The Hall–Kier alpha value is -0.153. The van der Waals surface area contributed by atoms with E-state index >= 15 is 0 Å². The molecule has 0 N–H and O–H groups in total. The van der Waals surface area contributed by atoms with Crippen molar-refractivity contribution in [1.82, 2.24) is 0 Å². The zero-order chi connectivity index (χ0) is 4.99. The summed E-state index contributed by atoms with van der Waals surface area (Å²) in [5.41, 5.74) is 0. The first kappa shape index (κ1) is 5.85. The van der Waals surface area contributed by atoms with Gasteiger partial charge < -0.3 is 9.22 Å². The normalized spacial score (nSPS) is 14.2. The molecule has 0 bridgehead atoms. The lowest BCUT2D eigenvalue weighted by atomic mass is 10.5. The highest BCUT2D eigenvalue weighted by Crippen LogP contribution is 1.74. The monoisotopic (exact) mass is 104 g/mol. The van der Waals surface area contributed by atoms with E-state index in [1.54, 1.807) is 6.92 Å². The number of hydrogen-bond acceptors (Lipinski definition) is 2. The fourth-order valence-electron chi connectivity index (χ4n) is 0.0556. The standard InChI is InChI=1S/C3H8O2Si/c1-3(2-4)5-6/h2-3H,1,6H3. The lowest BCUT2D eigenvalue weighted by Crippen LogP contribution is -2.05. The molecule has 0 saturated heterocycles. The Morgan fingerprint density at radius 1 is 2.00 bits per heavy atom. The van der Waals surface area contributed by atoms with Gasteiger partial charge in [0.2, 0.25) is 0 Å². The van der Waals surface area contributed by atoms with Crippen molar-refractivity contribution in [3.8, 4) is 0 Å². The maximum Gasteiger partial charge on any atom is 0.147 e.